The summed E-state index contributed by atoms with van der Waals surface area (Å²) in [5.41, 5.74) is 0. The van der Waals surface area contributed by atoms with Crippen molar-refractivity contribution in [3.63, 3.8) is 0 Å². The summed E-state index contributed by atoms with van der Waals surface area (Å²) in [5.74, 6) is 0.396. The highest BCUT2D eigenvalue weighted by molar-refractivity contribution is 4.72. The molecule has 0 amide bonds. The molecule has 1 N–H and O–H groups in total. The number of aliphatic hydroxyl groups is 1. The zero-order chi connectivity index (χ0) is 8.81. The molecule has 2 unspecified atom stereocenters. The summed E-state index contributed by atoms with van der Waals surface area (Å²) in [6.07, 6.45) is 5.72. The molecule has 0 saturated heterocycles. The number of ether oxygens (including phenoxy) is 1. The Bertz CT molecular complexity index is 114. The molecule has 1 aliphatic rings. The third-order valence-corrected chi connectivity index (χ3v) is 2.66. The number of rotatable bonds is 3. The minimum atomic E-state index is -0.112. The zero-order valence-corrected chi connectivity index (χ0v) is 7.96. The standard InChI is InChI=1S/C10H20O2/c1-2-12-8-9-6-4-3-5-7-10(9)11/h9-11H,2-8H2,1H3. The molecule has 1 fully saturated rings. The Morgan fingerprint density at radius 2 is 2.00 bits per heavy atom. The maximum Gasteiger partial charge on any atom is 0.0590 e. The lowest BCUT2D eigenvalue weighted by atomic mass is 9.98. The van der Waals surface area contributed by atoms with Gasteiger partial charge < -0.3 is 9.84 Å². The summed E-state index contributed by atoms with van der Waals surface area (Å²) >= 11 is 0. The van der Waals surface area contributed by atoms with Crippen molar-refractivity contribution in [3.8, 4) is 0 Å². The van der Waals surface area contributed by atoms with Crippen LogP contribution >= 0.6 is 0 Å². The van der Waals surface area contributed by atoms with Gasteiger partial charge in [-0.05, 0) is 19.8 Å². The van der Waals surface area contributed by atoms with Gasteiger partial charge in [0.15, 0.2) is 0 Å². The van der Waals surface area contributed by atoms with Gasteiger partial charge in [-0.3, -0.25) is 0 Å². The molecular formula is C10H20O2. The molecule has 0 aromatic carbocycles. The first-order valence-electron chi connectivity index (χ1n) is 5.10. The smallest absolute Gasteiger partial charge is 0.0590 e. The minimum absolute atomic E-state index is 0.112. The van der Waals surface area contributed by atoms with Crippen LogP contribution in [0.25, 0.3) is 0 Å². The molecule has 0 aliphatic heterocycles. The second-order valence-electron chi connectivity index (χ2n) is 3.62. The Hall–Kier alpha value is -0.0800. The van der Waals surface area contributed by atoms with Crippen molar-refractivity contribution in [2.75, 3.05) is 13.2 Å². The van der Waals surface area contributed by atoms with Crippen LogP contribution in [-0.2, 0) is 4.74 Å². The highest BCUT2D eigenvalue weighted by Gasteiger charge is 2.21. The molecule has 12 heavy (non-hydrogen) atoms. The fraction of sp³-hybridized carbons (Fsp3) is 1.00. The van der Waals surface area contributed by atoms with Crippen molar-refractivity contribution in [1.29, 1.82) is 0 Å². The molecule has 1 aliphatic carbocycles. The van der Waals surface area contributed by atoms with E-state index in [4.69, 9.17) is 4.74 Å². The fourth-order valence-electron chi connectivity index (χ4n) is 1.83. The summed E-state index contributed by atoms with van der Waals surface area (Å²) in [6.45, 7) is 3.52. The van der Waals surface area contributed by atoms with Crippen LogP contribution in [0.3, 0.4) is 0 Å². The maximum atomic E-state index is 9.70. The molecule has 0 spiro atoms. The van der Waals surface area contributed by atoms with Gasteiger partial charge in [-0.1, -0.05) is 19.3 Å². The predicted octanol–water partition coefficient (Wildman–Crippen LogP) is 1.96. The van der Waals surface area contributed by atoms with Gasteiger partial charge in [0.25, 0.3) is 0 Å². The molecular weight excluding hydrogens is 152 g/mol. The number of hydrogen-bond acceptors (Lipinski definition) is 2. The molecule has 1 saturated carbocycles. The van der Waals surface area contributed by atoms with Gasteiger partial charge in [0.05, 0.1) is 12.7 Å². The van der Waals surface area contributed by atoms with E-state index in [9.17, 15) is 5.11 Å². The third-order valence-electron chi connectivity index (χ3n) is 2.66. The Balaban J connectivity index is 2.26. The third kappa shape index (κ3) is 3.11. The molecule has 0 aromatic heterocycles. The van der Waals surface area contributed by atoms with Gasteiger partial charge in [0.2, 0.25) is 0 Å². The van der Waals surface area contributed by atoms with Crippen LogP contribution in [0, 0.1) is 5.92 Å². The van der Waals surface area contributed by atoms with Crippen molar-refractivity contribution in [2.45, 2.75) is 45.1 Å². The average Bonchev–Trinajstić information content (AvgIpc) is 2.27. The highest BCUT2D eigenvalue weighted by Crippen LogP contribution is 2.23. The van der Waals surface area contributed by atoms with Gasteiger partial charge in [-0.2, -0.15) is 0 Å². The summed E-state index contributed by atoms with van der Waals surface area (Å²) in [7, 11) is 0. The fourth-order valence-corrected chi connectivity index (χ4v) is 1.83. The zero-order valence-electron chi connectivity index (χ0n) is 7.96. The van der Waals surface area contributed by atoms with Crippen LogP contribution in [0.1, 0.15) is 39.0 Å². The molecule has 0 bridgehead atoms. The Morgan fingerprint density at radius 1 is 1.25 bits per heavy atom. The van der Waals surface area contributed by atoms with Crippen LogP contribution in [0.15, 0.2) is 0 Å². The quantitative estimate of drug-likeness (QED) is 0.659. The molecule has 2 heteroatoms. The van der Waals surface area contributed by atoms with E-state index >= 15 is 0 Å². The molecule has 72 valence electrons. The monoisotopic (exact) mass is 172 g/mol. The van der Waals surface area contributed by atoms with Gasteiger partial charge in [-0.15, -0.1) is 0 Å². The Kier molecular flexibility index (Phi) is 4.62. The van der Waals surface area contributed by atoms with E-state index in [2.05, 4.69) is 0 Å². The summed E-state index contributed by atoms with van der Waals surface area (Å²) in [6, 6.07) is 0. The van der Waals surface area contributed by atoms with Gasteiger partial charge >= 0.3 is 0 Å². The van der Waals surface area contributed by atoms with Crippen LogP contribution in [-0.4, -0.2) is 24.4 Å². The molecule has 0 radical (unpaired) electrons. The van der Waals surface area contributed by atoms with Crippen molar-refractivity contribution in [3.05, 3.63) is 0 Å². The number of aliphatic hydroxyl groups excluding tert-OH is 1. The highest BCUT2D eigenvalue weighted by atomic mass is 16.5. The molecule has 2 atom stereocenters. The van der Waals surface area contributed by atoms with Crippen molar-refractivity contribution >= 4 is 0 Å². The Morgan fingerprint density at radius 3 is 2.75 bits per heavy atom. The second kappa shape index (κ2) is 5.55. The van der Waals surface area contributed by atoms with Crippen LogP contribution in [0.5, 0.6) is 0 Å². The number of hydrogen-bond donors (Lipinski definition) is 1. The van der Waals surface area contributed by atoms with Gasteiger partial charge in [0.1, 0.15) is 0 Å². The first-order valence-corrected chi connectivity index (χ1v) is 5.10. The largest absolute Gasteiger partial charge is 0.393 e. The maximum absolute atomic E-state index is 9.70. The molecule has 2 nitrogen and oxygen atoms in total. The van der Waals surface area contributed by atoms with E-state index in [1.807, 2.05) is 6.92 Å². The first-order chi connectivity index (χ1) is 5.84. The topological polar surface area (TPSA) is 29.5 Å². The SMILES string of the molecule is CCOCC1CCCCCC1O. The van der Waals surface area contributed by atoms with Crippen LogP contribution in [0.2, 0.25) is 0 Å². The summed E-state index contributed by atoms with van der Waals surface area (Å²) in [5, 5.41) is 9.70. The van der Waals surface area contributed by atoms with Gasteiger partial charge in [-0.25, -0.2) is 0 Å². The van der Waals surface area contributed by atoms with E-state index in [-0.39, 0.29) is 6.10 Å². The van der Waals surface area contributed by atoms with E-state index in [1.54, 1.807) is 0 Å². The van der Waals surface area contributed by atoms with Crippen molar-refractivity contribution < 1.29 is 9.84 Å². The lowest BCUT2D eigenvalue weighted by molar-refractivity contribution is 0.0288. The van der Waals surface area contributed by atoms with Crippen LogP contribution in [0.4, 0.5) is 0 Å². The normalized spacial score (nSPS) is 31.5. The average molecular weight is 172 g/mol. The van der Waals surface area contributed by atoms with E-state index in [1.165, 1.54) is 19.3 Å². The van der Waals surface area contributed by atoms with E-state index in [0.717, 1.165) is 26.1 Å². The predicted molar refractivity (Wildman–Crippen MR) is 49.1 cm³/mol. The van der Waals surface area contributed by atoms with Crippen molar-refractivity contribution in [2.24, 2.45) is 5.92 Å². The molecule has 1 rings (SSSR count). The molecule has 0 aromatic rings. The van der Waals surface area contributed by atoms with Crippen molar-refractivity contribution in [1.82, 2.24) is 0 Å². The summed E-state index contributed by atoms with van der Waals surface area (Å²) in [4.78, 5) is 0. The molecule has 0 heterocycles. The van der Waals surface area contributed by atoms with E-state index in [0.29, 0.717) is 5.92 Å². The second-order valence-corrected chi connectivity index (χ2v) is 3.62. The van der Waals surface area contributed by atoms with Gasteiger partial charge in [0, 0.05) is 12.5 Å². The minimum Gasteiger partial charge on any atom is -0.393 e. The lowest BCUT2D eigenvalue weighted by Gasteiger charge is -2.19. The lowest BCUT2D eigenvalue weighted by Crippen LogP contribution is -2.23. The summed E-state index contributed by atoms with van der Waals surface area (Å²) < 4.78 is 5.34. The Labute approximate surface area is 74.9 Å². The first kappa shape index (κ1) is 10.0. The van der Waals surface area contributed by atoms with Crippen LogP contribution < -0.4 is 0 Å². The van der Waals surface area contributed by atoms with E-state index < -0.39 is 0 Å².